The molecule has 0 amide bonds. The monoisotopic (exact) mass is 742 g/mol. The Morgan fingerprint density at radius 3 is 1.74 bits per heavy atom. The highest BCUT2D eigenvalue weighted by Gasteiger charge is 2.30. The SMILES string of the molecule is N#CC1=CC(c2ccccc2)=CCC1N(c1ccccn1)c1ccc2ccc3c(N(c4ccccn4)c4ccc(-c5ccccc5)cc4C#N)ccc4ccc1c2c43. The van der Waals surface area contributed by atoms with Crippen molar-refractivity contribution in [3.05, 3.63) is 205 Å². The van der Waals surface area contributed by atoms with Gasteiger partial charge in [-0.3, -0.25) is 4.90 Å². The molecule has 0 aliphatic heterocycles. The molecule has 1 unspecified atom stereocenters. The fourth-order valence-electron chi connectivity index (χ4n) is 8.49. The van der Waals surface area contributed by atoms with Gasteiger partial charge in [0.25, 0.3) is 0 Å². The van der Waals surface area contributed by atoms with E-state index in [2.05, 4.69) is 107 Å². The maximum absolute atomic E-state index is 10.7. The van der Waals surface area contributed by atoms with Crippen molar-refractivity contribution in [2.75, 3.05) is 9.80 Å². The third-order valence-corrected chi connectivity index (χ3v) is 11.1. The Morgan fingerprint density at radius 1 is 0.517 bits per heavy atom. The second-order valence-corrected chi connectivity index (χ2v) is 14.4. The Kier molecular flexibility index (Phi) is 8.63. The van der Waals surface area contributed by atoms with E-state index in [-0.39, 0.29) is 6.04 Å². The second-order valence-electron chi connectivity index (χ2n) is 14.4. The van der Waals surface area contributed by atoms with Gasteiger partial charge in [0.15, 0.2) is 0 Å². The molecule has 7 aromatic carbocycles. The molecule has 0 fully saturated rings. The summed E-state index contributed by atoms with van der Waals surface area (Å²) in [5.74, 6) is 1.48. The van der Waals surface area contributed by atoms with Crippen molar-refractivity contribution in [1.29, 1.82) is 10.5 Å². The number of nitrogens with zero attached hydrogens (tertiary/aromatic N) is 6. The summed E-state index contributed by atoms with van der Waals surface area (Å²) in [5, 5.41) is 27.8. The van der Waals surface area contributed by atoms with Crippen molar-refractivity contribution >= 4 is 66.6 Å². The Morgan fingerprint density at radius 2 is 1.10 bits per heavy atom. The number of benzene rings is 7. The number of hydrogen-bond donors (Lipinski definition) is 0. The zero-order chi connectivity index (χ0) is 39.0. The summed E-state index contributed by atoms with van der Waals surface area (Å²) in [6.07, 6.45) is 8.48. The predicted octanol–water partition coefficient (Wildman–Crippen LogP) is 12.8. The van der Waals surface area contributed by atoms with Gasteiger partial charge >= 0.3 is 0 Å². The van der Waals surface area contributed by atoms with E-state index in [1.165, 1.54) is 0 Å². The summed E-state index contributed by atoms with van der Waals surface area (Å²) in [4.78, 5) is 14.0. The van der Waals surface area contributed by atoms with Crippen LogP contribution in [0.5, 0.6) is 0 Å². The van der Waals surface area contributed by atoms with Gasteiger partial charge in [0.05, 0.1) is 40.3 Å². The van der Waals surface area contributed by atoms with Crippen LogP contribution >= 0.6 is 0 Å². The number of allylic oxidation sites excluding steroid dienone is 2. The molecule has 0 saturated heterocycles. The Labute approximate surface area is 336 Å². The molecule has 58 heavy (non-hydrogen) atoms. The number of pyridine rings is 2. The highest BCUT2D eigenvalue weighted by Crippen LogP contribution is 2.47. The van der Waals surface area contributed by atoms with Crippen LogP contribution in [0.3, 0.4) is 0 Å². The molecule has 1 aliphatic rings. The summed E-state index contributed by atoms with van der Waals surface area (Å²) >= 11 is 0. The topological polar surface area (TPSA) is 79.8 Å². The first-order valence-corrected chi connectivity index (χ1v) is 19.3. The van der Waals surface area contributed by atoms with E-state index >= 15 is 0 Å². The minimum atomic E-state index is -0.274. The number of anilines is 5. The quantitative estimate of drug-likeness (QED) is 0.144. The molecule has 0 N–H and O–H groups in total. The number of nitriles is 2. The molecule has 0 radical (unpaired) electrons. The summed E-state index contributed by atoms with van der Waals surface area (Å²) in [5.41, 5.74) is 8.01. The average molecular weight is 743 g/mol. The van der Waals surface area contributed by atoms with Crippen LogP contribution in [0, 0.1) is 22.7 Å². The molecule has 0 bridgehead atoms. The zero-order valence-electron chi connectivity index (χ0n) is 31.4. The van der Waals surface area contributed by atoms with Gasteiger partial charge in [0.1, 0.15) is 17.7 Å². The third-order valence-electron chi connectivity index (χ3n) is 11.1. The molecule has 6 nitrogen and oxygen atoms in total. The van der Waals surface area contributed by atoms with E-state index in [9.17, 15) is 10.5 Å². The maximum atomic E-state index is 10.7. The largest absolute Gasteiger partial charge is 0.317 e. The first-order valence-electron chi connectivity index (χ1n) is 19.3. The third kappa shape index (κ3) is 5.89. The normalized spacial score (nSPS) is 13.8. The lowest BCUT2D eigenvalue weighted by atomic mass is 9.88. The van der Waals surface area contributed by atoms with Crippen LogP contribution in [0.2, 0.25) is 0 Å². The van der Waals surface area contributed by atoms with Gasteiger partial charge in [-0.2, -0.15) is 10.5 Å². The van der Waals surface area contributed by atoms with Crippen LogP contribution in [0.15, 0.2) is 194 Å². The van der Waals surface area contributed by atoms with Crippen LogP contribution in [-0.4, -0.2) is 16.0 Å². The minimum Gasteiger partial charge on any atom is -0.317 e. The van der Waals surface area contributed by atoms with E-state index in [4.69, 9.17) is 9.97 Å². The van der Waals surface area contributed by atoms with E-state index < -0.39 is 0 Å². The Bertz CT molecular complexity index is 3110. The first-order chi connectivity index (χ1) is 28.7. The van der Waals surface area contributed by atoms with Crippen molar-refractivity contribution in [1.82, 2.24) is 9.97 Å². The van der Waals surface area contributed by atoms with Gasteiger partial charge in [0.2, 0.25) is 0 Å². The molecule has 272 valence electrons. The first kappa shape index (κ1) is 34.4. The molecule has 0 saturated carbocycles. The minimum absolute atomic E-state index is 0.274. The van der Waals surface area contributed by atoms with E-state index in [1.807, 2.05) is 97.2 Å². The van der Waals surface area contributed by atoms with Crippen molar-refractivity contribution < 1.29 is 0 Å². The summed E-state index contributed by atoms with van der Waals surface area (Å²) in [6, 6.07) is 60.4. The molecule has 1 aliphatic carbocycles. The highest BCUT2D eigenvalue weighted by molar-refractivity contribution is 6.28. The number of aromatic nitrogens is 2. The second kappa shape index (κ2) is 14.5. The number of rotatable bonds is 8. The highest BCUT2D eigenvalue weighted by atomic mass is 15.2. The van der Waals surface area contributed by atoms with Crippen LogP contribution in [0.25, 0.3) is 49.0 Å². The fourth-order valence-corrected chi connectivity index (χ4v) is 8.49. The van der Waals surface area contributed by atoms with Gasteiger partial charge in [-0.15, -0.1) is 0 Å². The van der Waals surface area contributed by atoms with Crippen molar-refractivity contribution in [2.45, 2.75) is 12.5 Å². The molecular weight excluding hydrogens is 709 g/mol. The van der Waals surface area contributed by atoms with Crippen molar-refractivity contribution in [2.24, 2.45) is 0 Å². The van der Waals surface area contributed by atoms with Crippen molar-refractivity contribution in [3.63, 3.8) is 0 Å². The van der Waals surface area contributed by atoms with Gasteiger partial charge in [-0.05, 0) is 105 Å². The maximum Gasteiger partial charge on any atom is 0.137 e. The van der Waals surface area contributed by atoms with Gasteiger partial charge in [0, 0.05) is 23.2 Å². The molecule has 2 heterocycles. The Balaban J connectivity index is 1.17. The standard InChI is InChI=1S/C52H34N6/c53-33-41-31-39(35-11-3-1-4-12-35)21-25-45(41)57(49-15-7-9-29-55-49)47-27-19-37-18-24-44-48(28-20-38-17-23-43(47)51(37)52(38)44)58(50-16-8-10-30-56-50)46-26-22-40(32-42(46)34-54)36-13-5-2-6-14-36/h1-25,27-32,46H,26H2. The molecule has 9 aromatic rings. The van der Waals surface area contributed by atoms with Crippen LogP contribution in [0.1, 0.15) is 17.5 Å². The zero-order valence-corrected chi connectivity index (χ0v) is 31.4. The fraction of sp³-hybridized carbons (Fsp3) is 0.0385. The lowest BCUT2D eigenvalue weighted by Crippen LogP contribution is -2.34. The van der Waals surface area contributed by atoms with Gasteiger partial charge < -0.3 is 4.90 Å². The van der Waals surface area contributed by atoms with E-state index in [1.54, 1.807) is 6.20 Å². The predicted molar refractivity (Wildman–Crippen MR) is 236 cm³/mol. The Hall–Kier alpha value is -8.06. The molecular formula is C52H34N6. The molecule has 10 rings (SSSR count). The molecule has 6 heteroatoms. The van der Waals surface area contributed by atoms with Crippen LogP contribution in [-0.2, 0) is 0 Å². The van der Waals surface area contributed by atoms with Crippen LogP contribution < -0.4 is 9.80 Å². The average Bonchev–Trinajstić information content (AvgIpc) is 3.30. The lowest BCUT2D eigenvalue weighted by Gasteiger charge is -2.35. The van der Waals surface area contributed by atoms with E-state index in [0.717, 1.165) is 77.5 Å². The molecule has 0 spiro atoms. The van der Waals surface area contributed by atoms with Gasteiger partial charge in [-0.1, -0.05) is 121 Å². The molecule has 2 aromatic heterocycles. The van der Waals surface area contributed by atoms with Gasteiger partial charge in [-0.25, -0.2) is 9.97 Å². The van der Waals surface area contributed by atoms with Crippen LogP contribution in [0.4, 0.5) is 28.7 Å². The number of hydrogen-bond acceptors (Lipinski definition) is 6. The smallest absolute Gasteiger partial charge is 0.137 e. The summed E-state index contributed by atoms with van der Waals surface area (Å²) in [6.45, 7) is 0. The molecule has 1 atom stereocenters. The summed E-state index contributed by atoms with van der Waals surface area (Å²) < 4.78 is 0. The lowest BCUT2D eigenvalue weighted by molar-refractivity contribution is 0.755. The summed E-state index contributed by atoms with van der Waals surface area (Å²) in [7, 11) is 0. The van der Waals surface area contributed by atoms with Crippen molar-refractivity contribution in [3.8, 4) is 23.3 Å². The van der Waals surface area contributed by atoms with E-state index in [0.29, 0.717) is 23.4 Å².